The number of nitrogens with zero attached hydrogens (tertiary/aromatic N) is 2. The van der Waals surface area contributed by atoms with Crippen molar-refractivity contribution in [2.45, 2.75) is 46.0 Å². The van der Waals surface area contributed by atoms with Gasteiger partial charge in [0, 0.05) is 19.6 Å². The van der Waals surface area contributed by atoms with Crippen LogP contribution in [0.1, 0.15) is 43.7 Å². The van der Waals surface area contributed by atoms with Gasteiger partial charge in [0.2, 0.25) is 0 Å². The van der Waals surface area contributed by atoms with Crippen LogP contribution < -0.4 is 10.6 Å². The predicted octanol–water partition coefficient (Wildman–Crippen LogP) is 3.11. The monoisotopic (exact) mass is 348 g/mol. The smallest absolute Gasteiger partial charge is 0.191 e. The lowest BCUT2D eigenvalue weighted by atomic mass is 10.1. The van der Waals surface area contributed by atoms with Crippen molar-refractivity contribution >= 4 is 5.96 Å². The minimum atomic E-state index is -0.168. The van der Waals surface area contributed by atoms with E-state index in [9.17, 15) is 4.39 Å². The summed E-state index contributed by atoms with van der Waals surface area (Å²) in [4.78, 5) is 7.21. The maximum Gasteiger partial charge on any atom is 0.191 e. The van der Waals surface area contributed by atoms with Crippen LogP contribution in [0.15, 0.2) is 23.2 Å². The van der Waals surface area contributed by atoms with Crippen LogP contribution in [-0.2, 0) is 6.42 Å². The Bertz CT molecular complexity index is 538. The summed E-state index contributed by atoms with van der Waals surface area (Å²) in [5.41, 5.74) is 2.18. The van der Waals surface area contributed by atoms with Gasteiger partial charge in [-0.15, -0.1) is 0 Å². The first-order valence-electron chi connectivity index (χ1n) is 9.68. The number of unbranched alkanes of at least 4 members (excludes halogenated alkanes) is 1. The van der Waals surface area contributed by atoms with Gasteiger partial charge in [-0.3, -0.25) is 4.99 Å². The van der Waals surface area contributed by atoms with Gasteiger partial charge >= 0.3 is 0 Å². The van der Waals surface area contributed by atoms with E-state index in [0.717, 1.165) is 44.0 Å². The molecule has 1 heterocycles. The molecule has 1 aliphatic rings. The third-order valence-corrected chi connectivity index (χ3v) is 4.69. The molecular weight excluding hydrogens is 315 g/mol. The maximum atomic E-state index is 13.2. The lowest BCUT2D eigenvalue weighted by molar-refractivity contribution is 0.331. The predicted molar refractivity (Wildman–Crippen MR) is 104 cm³/mol. The van der Waals surface area contributed by atoms with Gasteiger partial charge in [-0.05, 0) is 88.8 Å². The number of aliphatic imine (C=N–C) groups is 1. The maximum absolute atomic E-state index is 13.2. The Hall–Kier alpha value is -1.62. The van der Waals surface area contributed by atoms with Gasteiger partial charge in [-0.1, -0.05) is 6.07 Å². The number of guanidine groups is 1. The summed E-state index contributed by atoms with van der Waals surface area (Å²) >= 11 is 0. The lowest BCUT2D eigenvalue weighted by Crippen LogP contribution is -2.38. The number of likely N-dealkylation sites (tertiary alicyclic amines) is 1. The molecule has 1 aromatic rings. The van der Waals surface area contributed by atoms with Crippen molar-refractivity contribution in [2.75, 3.05) is 39.3 Å². The molecule has 0 aromatic heterocycles. The fraction of sp³-hybridized carbons (Fsp3) is 0.650. The molecule has 0 atom stereocenters. The molecule has 1 aromatic carbocycles. The molecule has 0 aliphatic carbocycles. The first kappa shape index (κ1) is 19.7. The highest BCUT2D eigenvalue weighted by Gasteiger charge is 2.09. The number of nitrogens with one attached hydrogen (secondary N) is 2. The summed E-state index contributed by atoms with van der Waals surface area (Å²) in [6.07, 6.45) is 5.94. The van der Waals surface area contributed by atoms with Crippen molar-refractivity contribution in [1.29, 1.82) is 0 Å². The second-order valence-corrected chi connectivity index (χ2v) is 6.76. The van der Waals surface area contributed by atoms with E-state index in [4.69, 9.17) is 0 Å². The molecule has 0 radical (unpaired) electrons. The fourth-order valence-corrected chi connectivity index (χ4v) is 3.24. The third-order valence-electron chi connectivity index (χ3n) is 4.69. The average molecular weight is 349 g/mol. The average Bonchev–Trinajstić information content (AvgIpc) is 3.10. The summed E-state index contributed by atoms with van der Waals surface area (Å²) in [6.45, 7) is 10.3. The first-order valence-corrected chi connectivity index (χ1v) is 9.68. The molecule has 0 unspecified atom stereocenters. The SMILES string of the molecule is CCNC(=NCCCCN1CCCC1)NCCc1ccc(F)cc1C. The molecule has 0 bridgehead atoms. The number of hydrogen-bond donors (Lipinski definition) is 2. The van der Waals surface area contributed by atoms with Gasteiger partial charge in [0.15, 0.2) is 5.96 Å². The van der Waals surface area contributed by atoms with Crippen LogP contribution in [0.4, 0.5) is 4.39 Å². The van der Waals surface area contributed by atoms with E-state index in [2.05, 4.69) is 27.4 Å². The van der Waals surface area contributed by atoms with Gasteiger partial charge in [0.05, 0.1) is 0 Å². The zero-order chi connectivity index (χ0) is 17.9. The number of hydrogen-bond acceptors (Lipinski definition) is 2. The highest BCUT2D eigenvalue weighted by molar-refractivity contribution is 5.79. The van der Waals surface area contributed by atoms with E-state index < -0.39 is 0 Å². The zero-order valence-corrected chi connectivity index (χ0v) is 15.8. The second kappa shape index (κ2) is 11.1. The Morgan fingerprint density at radius 1 is 1.20 bits per heavy atom. The molecule has 25 heavy (non-hydrogen) atoms. The van der Waals surface area contributed by atoms with Crippen LogP contribution in [0, 0.1) is 12.7 Å². The van der Waals surface area contributed by atoms with Gasteiger partial charge in [0.25, 0.3) is 0 Å². The topological polar surface area (TPSA) is 39.7 Å². The Labute approximate surface area is 151 Å². The van der Waals surface area contributed by atoms with Crippen molar-refractivity contribution in [1.82, 2.24) is 15.5 Å². The largest absolute Gasteiger partial charge is 0.357 e. The number of aryl methyl sites for hydroxylation is 1. The van der Waals surface area contributed by atoms with Crippen LogP contribution in [0.5, 0.6) is 0 Å². The van der Waals surface area contributed by atoms with E-state index in [1.54, 1.807) is 6.07 Å². The number of benzene rings is 1. The van der Waals surface area contributed by atoms with Gasteiger partial charge in [-0.25, -0.2) is 4.39 Å². The molecule has 140 valence electrons. The molecule has 1 saturated heterocycles. The van der Waals surface area contributed by atoms with Crippen LogP contribution in [0.2, 0.25) is 0 Å². The van der Waals surface area contributed by atoms with E-state index in [0.29, 0.717) is 0 Å². The lowest BCUT2D eigenvalue weighted by Gasteiger charge is -2.14. The highest BCUT2D eigenvalue weighted by atomic mass is 19.1. The van der Waals surface area contributed by atoms with E-state index in [1.165, 1.54) is 50.5 Å². The second-order valence-electron chi connectivity index (χ2n) is 6.76. The molecule has 2 rings (SSSR count). The molecule has 1 aliphatic heterocycles. The Balaban J connectivity index is 1.67. The minimum absolute atomic E-state index is 0.168. The Kier molecular flexibility index (Phi) is 8.73. The molecule has 0 spiro atoms. The van der Waals surface area contributed by atoms with Crippen LogP contribution in [-0.4, -0.2) is 50.1 Å². The Morgan fingerprint density at radius 3 is 2.72 bits per heavy atom. The molecular formula is C20H33FN4. The molecule has 0 amide bonds. The Morgan fingerprint density at radius 2 is 2.00 bits per heavy atom. The van der Waals surface area contributed by atoms with Crippen molar-refractivity contribution < 1.29 is 4.39 Å². The quantitative estimate of drug-likeness (QED) is 0.409. The molecule has 1 fully saturated rings. The minimum Gasteiger partial charge on any atom is -0.357 e. The van der Waals surface area contributed by atoms with Crippen LogP contribution >= 0.6 is 0 Å². The van der Waals surface area contributed by atoms with E-state index in [-0.39, 0.29) is 5.82 Å². The number of halogens is 1. The van der Waals surface area contributed by atoms with E-state index >= 15 is 0 Å². The first-order chi connectivity index (χ1) is 12.2. The summed E-state index contributed by atoms with van der Waals surface area (Å²) in [6, 6.07) is 4.99. The summed E-state index contributed by atoms with van der Waals surface area (Å²) in [7, 11) is 0. The van der Waals surface area contributed by atoms with Crippen LogP contribution in [0.3, 0.4) is 0 Å². The van der Waals surface area contributed by atoms with Crippen molar-refractivity contribution in [2.24, 2.45) is 4.99 Å². The van der Waals surface area contributed by atoms with Gasteiger partial charge in [0.1, 0.15) is 5.82 Å². The normalized spacial score (nSPS) is 15.6. The van der Waals surface area contributed by atoms with Gasteiger partial charge < -0.3 is 15.5 Å². The highest BCUT2D eigenvalue weighted by Crippen LogP contribution is 2.10. The van der Waals surface area contributed by atoms with Crippen molar-refractivity contribution in [3.8, 4) is 0 Å². The van der Waals surface area contributed by atoms with Crippen LogP contribution in [0.25, 0.3) is 0 Å². The molecule has 2 N–H and O–H groups in total. The fourth-order valence-electron chi connectivity index (χ4n) is 3.24. The summed E-state index contributed by atoms with van der Waals surface area (Å²) in [5.74, 6) is 0.710. The van der Waals surface area contributed by atoms with Crippen molar-refractivity contribution in [3.63, 3.8) is 0 Å². The summed E-state index contributed by atoms with van der Waals surface area (Å²) in [5, 5.41) is 6.67. The zero-order valence-electron chi connectivity index (χ0n) is 15.8. The number of rotatable bonds is 9. The molecule has 0 saturated carbocycles. The van der Waals surface area contributed by atoms with Crippen molar-refractivity contribution in [3.05, 3.63) is 35.1 Å². The van der Waals surface area contributed by atoms with Gasteiger partial charge in [-0.2, -0.15) is 0 Å². The third kappa shape index (κ3) is 7.43. The molecule has 4 nitrogen and oxygen atoms in total. The standard InChI is InChI=1S/C20H33FN4/c1-3-22-20(23-11-4-5-13-25-14-6-7-15-25)24-12-10-18-8-9-19(21)16-17(18)2/h8-9,16H,3-7,10-15H2,1-2H3,(H2,22,23,24). The molecule has 5 heteroatoms. The van der Waals surface area contributed by atoms with E-state index in [1.807, 2.05) is 13.0 Å². The summed E-state index contributed by atoms with van der Waals surface area (Å²) < 4.78 is 13.2.